The van der Waals surface area contributed by atoms with E-state index in [-0.39, 0.29) is 5.91 Å². The highest BCUT2D eigenvalue weighted by Gasteiger charge is 2.11. The van der Waals surface area contributed by atoms with E-state index in [0.29, 0.717) is 12.3 Å². The van der Waals surface area contributed by atoms with Gasteiger partial charge in [0.2, 0.25) is 5.91 Å². The summed E-state index contributed by atoms with van der Waals surface area (Å²) in [5.74, 6) is 0.386. The van der Waals surface area contributed by atoms with E-state index in [1.165, 1.54) is 11.8 Å². The number of imidazole rings is 1. The van der Waals surface area contributed by atoms with E-state index in [1.807, 2.05) is 36.4 Å². The standard InChI is InChI=1S/C18H20N4OS/c1-2-22-16-9-4-3-8-15(16)21-18(22)24-13-17(23)20-12-10-14-7-5-6-11-19-14/h3-9,11H,2,10,12-13H2,1H3,(H,20,23). The Hall–Kier alpha value is -2.34. The molecule has 1 N–H and O–H groups in total. The highest BCUT2D eigenvalue weighted by atomic mass is 32.2. The molecule has 1 aromatic carbocycles. The van der Waals surface area contributed by atoms with Crippen LogP contribution in [0.3, 0.4) is 0 Å². The number of rotatable bonds is 7. The first kappa shape index (κ1) is 16.5. The third kappa shape index (κ3) is 3.94. The monoisotopic (exact) mass is 340 g/mol. The number of nitrogens with one attached hydrogen (secondary N) is 1. The van der Waals surface area contributed by atoms with Crippen LogP contribution in [0.5, 0.6) is 0 Å². The van der Waals surface area contributed by atoms with Crippen molar-refractivity contribution in [2.24, 2.45) is 0 Å². The third-order valence-corrected chi connectivity index (χ3v) is 4.67. The van der Waals surface area contributed by atoms with Crippen molar-refractivity contribution < 1.29 is 4.79 Å². The summed E-state index contributed by atoms with van der Waals surface area (Å²) in [6.45, 7) is 3.52. The Morgan fingerprint density at radius 1 is 1.21 bits per heavy atom. The smallest absolute Gasteiger partial charge is 0.230 e. The molecule has 0 bridgehead atoms. The lowest BCUT2D eigenvalue weighted by Crippen LogP contribution is -2.27. The summed E-state index contributed by atoms with van der Waals surface area (Å²) in [6, 6.07) is 13.8. The number of pyridine rings is 1. The van der Waals surface area contributed by atoms with Crippen LogP contribution < -0.4 is 5.32 Å². The van der Waals surface area contributed by atoms with Crippen molar-refractivity contribution in [2.75, 3.05) is 12.3 Å². The number of carbonyl (C=O) groups is 1. The van der Waals surface area contributed by atoms with Crippen molar-refractivity contribution in [1.82, 2.24) is 19.9 Å². The normalized spacial score (nSPS) is 10.9. The average Bonchev–Trinajstić information content (AvgIpc) is 2.98. The zero-order valence-electron chi connectivity index (χ0n) is 13.6. The lowest BCUT2D eigenvalue weighted by atomic mass is 10.3. The number of amides is 1. The van der Waals surface area contributed by atoms with Crippen molar-refractivity contribution in [3.05, 3.63) is 54.4 Å². The quantitative estimate of drug-likeness (QED) is 0.672. The zero-order valence-corrected chi connectivity index (χ0v) is 14.4. The maximum Gasteiger partial charge on any atom is 0.230 e. The first-order chi connectivity index (χ1) is 11.8. The zero-order chi connectivity index (χ0) is 16.8. The lowest BCUT2D eigenvalue weighted by molar-refractivity contribution is -0.118. The second-order valence-electron chi connectivity index (χ2n) is 5.34. The van der Waals surface area contributed by atoms with Gasteiger partial charge in [-0.2, -0.15) is 0 Å². The molecule has 0 fully saturated rings. The minimum absolute atomic E-state index is 0.0191. The predicted molar refractivity (Wildman–Crippen MR) is 97.1 cm³/mol. The largest absolute Gasteiger partial charge is 0.355 e. The second kappa shape index (κ2) is 7.97. The van der Waals surface area contributed by atoms with Gasteiger partial charge in [0, 0.05) is 31.4 Å². The van der Waals surface area contributed by atoms with Crippen LogP contribution in [-0.4, -0.2) is 32.7 Å². The predicted octanol–water partition coefficient (Wildman–Crippen LogP) is 2.90. The molecule has 0 aliphatic rings. The summed E-state index contributed by atoms with van der Waals surface area (Å²) >= 11 is 1.48. The molecule has 0 aliphatic carbocycles. The van der Waals surface area contributed by atoms with Crippen LogP contribution in [-0.2, 0) is 17.8 Å². The van der Waals surface area contributed by atoms with Crippen LogP contribution in [0.2, 0.25) is 0 Å². The number of hydrogen-bond acceptors (Lipinski definition) is 4. The van der Waals surface area contributed by atoms with E-state index in [9.17, 15) is 4.79 Å². The molecule has 0 spiro atoms. The summed E-state index contributed by atoms with van der Waals surface area (Å²) in [4.78, 5) is 20.9. The average molecular weight is 340 g/mol. The van der Waals surface area contributed by atoms with Crippen molar-refractivity contribution in [1.29, 1.82) is 0 Å². The van der Waals surface area contributed by atoms with Crippen molar-refractivity contribution in [2.45, 2.75) is 25.0 Å². The Labute approximate surface area is 145 Å². The molecule has 0 aliphatic heterocycles. The number of aryl methyl sites for hydroxylation is 1. The van der Waals surface area contributed by atoms with E-state index in [1.54, 1.807) is 6.20 Å². The summed E-state index contributed by atoms with van der Waals surface area (Å²) in [5, 5.41) is 3.82. The minimum atomic E-state index is 0.0191. The van der Waals surface area contributed by atoms with Gasteiger partial charge in [0.05, 0.1) is 16.8 Å². The van der Waals surface area contributed by atoms with E-state index in [0.717, 1.165) is 34.8 Å². The molecule has 0 atom stereocenters. The fourth-order valence-electron chi connectivity index (χ4n) is 2.53. The molecule has 24 heavy (non-hydrogen) atoms. The number of aromatic nitrogens is 3. The van der Waals surface area contributed by atoms with E-state index < -0.39 is 0 Å². The van der Waals surface area contributed by atoms with Crippen molar-refractivity contribution >= 4 is 28.7 Å². The molecule has 0 saturated carbocycles. The molecular formula is C18H20N4OS. The van der Waals surface area contributed by atoms with Crippen LogP contribution in [0.15, 0.2) is 53.8 Å². The van der Waals surface area contributed by atoms with E-state index in [4.69, 9.17) is 0 Å². The molecule has 0 unspecified atom stereocenters. The number of carbonyl (C=O) groups excluding carboxylic acids is 1. The molecule has 3 aromatic rings. The molecular weight excluding hydrogens is 320 g/mol. The Morgan fingerprint density at radius 3 is 2.83 bits per heavy atom. The first-order valence-electron chi connectivity index (χ1n) is 8.02. The fourth-order valence-corrected chi connectivity index (χ4v) is 3.43. The van der Waals surface area contributed by atoms with Crippen molar-refractivity contribution in [3.63, 3.8) is 0 Å². The lowest BCUT2D eigenvalue weighted by Gasteiger charge is -2.06. The third-order valence-electron chi connectivity index (χ3n) is 3.70. The molecule has 2 heterocycles. The summed E-state index contributed by atoms with van der Waals surface area (Å²) in [6.07, 6.45) is 2.51. The Kier molecular flexibility index (Phi) is 5.48. The Bertz CT molecular complexity index is 816. The highest BCUT2D eigenvalue weighted by Crippen LogP contribution is 2.23. The van der Waals surface area contributed by atoms with Gasteiger partial charge in [0.1, 0.15) is 0 Å². The maximum atomic E-state index is 12.0. The maximum absolute atomic E-state index is 12.0. The van der Waals surface area contributed by atoms with Gasteiger partial charge >= 0.3 is 0 Å². The van der Waals surface area contributed by atoms with Gasteiger partial charge in [0.15, 0.2) is 5.16 Å². The fraction of sp³-hybridized carbons (Fsp3) is 0.278. The minimum Gasteiger partial charge on any atom is -0.355 e. The molecule has 2 aromatic heterocycles. The van der Waals surface area contributed by atoms with Crippen LogP contribution >= 0.6 is 11.8 Å². The van der Waals surface area contributed by atoms with Crippen LogP contribution in [0.1, 0.15) is 12.6 Å². The van der Waals surface area contributed by atoms with Crippen molar-refractivity contribution in [3.8, 4) is 0 Å². The topological polar surface area (TPSA) is 59.8 Å². The molecule has 6 heteroatoms. The van der Waals surface area contributed by atoms with Gasteiger partial charge < -0.3 is 9.88 Å². The van der Waals surface area contributed by atoms with E-state index in [2.05, 4.69) is 32.8 Å². The van der Waals surface area contributed by atoms with Gasteiger partial charge in [-0.3, -0.25) is 9.78 Å². The number of thioether (sulfide) groups is 1. The number of benzene rings is 1. The Morgan fingerprint density at radius 2 is 2.04 bits per heavy atom. The summed E-state index contributed by atoms with van der Waals surface area (Å²) in [7, 11) is 0. The number of nitrogens with zero attached hydrogens (tertiary/aromatic N) is 3. The van der Waals surface area contributed by atoms with Gasteiger partial charge in [-0.05, 0) is 31.2 Å². The summed E-state index contributed by atoms with van der Waals surface area (Å²) in [5.41, 5.74) is 3.06. The van der Waals surface area contributed by atoms with Gasteiger partial charge in [-0.15, -0.1) is 0 Å². The molecule has 0 radical (unpaired) electrons. The highest BCUT2D eigenvalue weighted by molar-refractivity contribution is 7.99. The number of para-hydroxylation sites is 2. The molecule has 124 valence electrons. The Balaban J connectivity index is 1.53. The van der Waals surface area contributed by atoms with Crippen LogP contribution in [0.25, 0.3) is 11.0 Å². The molecule has 0 saturated heterocycles. The first-order valence-corrected chi connectivity index (χ1v) is 9.01. The SMILES string of the molecule is CCn1c(SCC(=O)NCCc2ccccn2)nc2ccccc21. The number of hydrogen-bond donors (Lipinski definition) is 1. The van der Waals surface area contributed by atoms with Gasteiger partial charge in [0.25, 0.3) is 0 Å². The van der Waals surface area contributed by atoms with Gasteiger partial charge in [-0.25, -0.2) is 4.98 Å². The molecule has 3 rings (SSSR count). The second-order valence-corrected chi connectivity index (χ2v) is 6.28. The van der Waals surface area contributed by atoms with Gasteiger partial charge in [-0.1, -0.05) is 30.0 Å². The van der Waals surface area contributed by atoms with E-state index >= 15 is 0 Å². The van der Waals surface area contributed by atoms with Crippen LogP contribution in [0, 0.1) is 0 Å². The number of fused-ring (bicyclic) bond motifs is 1. The molecule has 1 amide bonds. The van der Waals surface area contributed by atoms with Crippen LogP contribution in [0.4, 0.5) is 0 Å². The summed E-state index contributed by atoms with van der Waals surface area (Å²) < 4.78 is 2.14. The molecule has 5 nitrogen and oxygen atoms in total.